The van der Waals surface area contributed by atoms with E-state index in [0.29, 0.717) is 27.6 Å². The number of phenolic OH excluding ortho intramolecular Hbond substituents is 1. The van der Waals surface area contributed by atoms with Gasteiger partial charge in [-0.2, -0.15) is 0 Å². The highest BCUT2D eigenvalue weighted by molar-refractivity contribution is 6.35. The summed E-state index contributed by atoms with van der Waals surface area (Å²) in [6.07, 6.45) is 0. The smallest absolute Gasteiger partial charge is 0.142 e. The zero-order chi connectivity index (χ0) is 12.7. The van der Waals surface area contributed by atoms with Crippen LogP contribution >= 0.6 is 11.6 Å². The molecule has 0 radical (unpaired) electrons. The monoisotopic (exact) mass is 259 g/mol. The highest BCUT2D eigenvalue weighted by Crippen LogP contribution is 2.31. The third-order valence-electron chi connectivity index (χ3n) is 2.74. The molecule has 1 aromatic heterocycles. The van der Waals surface area contributed by atoms with Crippen LogP contribution in [0.4, 0.5) is 5.69 Å². The third-order valence-corrected chi connectivity index (χ3v) is 3.05. The average Bonchev–Trinajstić information content (AvgIpc) is 2.74. The van der Waals surface area contributed by atoms with Crippen LogP contribution in [0.5, 0.6) is 5.75 Å². The van der Waals surface area contributed by atoms with Gasteiger partial charge in [0.05, 0.1) is 16.1 Å². The van der Waals surface area contributed by atoms with Gasteiger partial charge in [0.25, 0.3) is 0 Å². The van der Waals surface area contributed by atoms with E-state index in [0.717, 1.165) is 5.52 Å². The quantitative estimate of drug-likeness (QED) is 0.588. The highest BCUT2D eigenvalue weighted by atomic mass is 35.5. The molecule has 0 amide bonds. The minimum atomic E-state index is 0.0881. The lowest BCUT2D eigenvalue weighted by atomic mass is 10.2. The van der Waals surface area contributed by atoms with Crippen molar-refractivity contribution in [2.24, 2.45) is 0 Å². The number of nitrogens with one attached hydrogen (secondary N) is 1. The van der Waals surface area contributed by atoms with Crippen LogP contribution in [0.2, 0.25) is 5.02 Å². The molecule has 4 nitrogen and oxygen atoms in total. The molecule has 5 heteroatoms. The maximum absolute atomic E-state index is 9.87. The zero-order valence-corrected chi connectivity index (χ0v) is 10.1. The molecule has 4 N–H and O–H groups in total. The molecule has 0 saturated heterocycles. The number of rotatable bonds is 1. The number of aromatic hydroxyl groups is 1. The maximum atomic E-state index is 9.87. The fraction of sp³-hybridized carbons (Fsp3) is 0. The van der Waals surface area contributed by atoms with E-state index >= 15 is 0 Å². The number of aromatic amines is 1. The third kappa shape index (κ3) is 1.67. The van der Waals surface area contributed by atoms with Crippen molar-refractivity contribution in [2.45, 2.75) is 0 Å². The number of nitrogens with two attached hydrogens (primary N) is 1. The molecule has 0 aliphatic rings. The van der Waals surface area contributed by atoms with Crippen molar-refractivity contribution in [3.63, 3.8) is 0 Å². The van der Waals surface area contributed by atoms with E-state index in [9.17, 15) is 5.11 Å². The number of fused-ring (bicyclic) bond motifs is 1. The lowest BCUT2D eigenvalue weighted by Gasteiger charge is -2.01. The molecule has 3 rings (SSSR count). The lowest BCUT2D eigenvalue weighted by Crippen LogP contribution is -1.86. The predicted molar refractivity (Wildman–Crippen MR) is 72.6 cm³/mol. The standard InChI is InChI=1S/C13H10ClN3O/c14-9-2-1-3-10-12(9)17-13(16-10)8-5-4-7(15)6-11(8)18/h1-6,18H,15H2,(H,16,17). The number of halogens is 1. The van der Waals surface area contributed by atoms with Gasteiger partial charge >= 0.3 is 0 Å². The number of hydrogen-bond acceptors (Lipinski definition) is 3. The normalized spacial score (nSPS) is 10.9. The Morgan fingerprint density at radius 2 is 2.06 bits per heavy atom. The minimum absolute atomic E-state index is 0.0881. The topological polar surface area (TPSA) is 74.9 Å². The van der Waals surface area contributed by atoms with Gasteiger partial charge in [0.15, 0.2) is 0 Å². The molecule has 0 fully saturated rings. The molecule has 0 aliphatic carbocycles. The largest absolute Gasteiger partial charge is 0.507 e. The van der Waals surface area contributed by atoms with Crippen molar-refractivity contribution in [1.29, 1.82) is 0 Å². The Bertz CT molecular complexity index is 736. The summed E-state index contributed by atoms with van der Waals surface area (Å²) in [5.74, 6) is 0.653. The number of para-hydroxylation sites is 1. The van der Waals surface area contributed by atoms with Crippen LogP contribution in [0.15, 0.2) is 36.4 Å². The first-order valence-electron chi connectivity index (χ1n) is 5.38. The van der Waals surface area contributed by atoms with Crippen LogP contribution < -0.4 is 5.73 Å². The van der Waals surface area contributed by atoms with Gasteiger partial charge in [-0.3, -0.25) is 0 Å². The average molecular weight is 260 g/mol. The molecule has 18 heavy (non-hydrogen) atoms. The first-order chi connectivity index (χ1) is 8.65. The summed E-state index contributed by atoms with van der Waals surface area (Å²) in [5, 5.41) is 10.4. The van der Waals surface area contributed by atoms with Crippen molar-refractivity contribution < 1.29 is 5.11 Å². The van der Waals surface area contributed by atoms with Gasteiger partial charge in [-0.05, 0) is 24.3 Å². The first kappa shape index (κ1) is 10.9. The van der Waals surface area contributed by atoms with E-state index in [4.69, 9.17) is 17.3 Å². The molecule has 0 unspecified atom stereocenters. The summed E-state index contributed by atoms with van der Waals surface area (Å²) in [7, 11) is 0. The molecule has 2 aromatic carbocycles. The molecule has 3 aromatic rings. The van der Waals surface area contributed by atoms with Gasteiger partial charge < -0.3 is 15.8 Å². The Kier molecular flexibility index (Phi) is 2.38. The molecule has 0 saturated carbocycles. The van der Waals surface area contributed by atoms with Gasteiger partial charge in [-0.1, -0.05) is 17.7 Å². The Balaban J connectivity index is 2.23. The van der Waals surface area contributed by atoms with Crippen LogP contribution in [0.3, 0.4) is 0 Å². The van der Waals surface area contributed by atoms with Crippen molar-refractivity contribution in [1.82, 2.24) is 9.97 Å². The van der Waals surface area contributed by atoms with Crippen molar-refractivity contribution in [3.05, 3.63) is 41.4 Å². The summed E-state index contributed by atoms with van der Waals surface area (Å²) in [4.78, 5) is 7.50. The van der Waals surface area contributed by atoms with Crippen LogP contribution in [0.1, 0.15) is 0 Å². The highest BCUT2D eigenvalue weighted by Gasteiger charge is 2.11. The summed E-state index contributed by atoms with van der Waals surface area (Å²) >= 11 is 6.06. The Morgan fingerprint density at radius 3 is 2.78 bits per heavy atom. The van der Waals surface area contributed by atoms with Crippen LogP contribution in [0, 0.1) is 0 Å². The summed E-state index contributed by atoms with van der Waals surface area (Å²) in [6.45, 7) is 0. The van der Waals surface area contributed by atoms with Gasteiger partial charge in [0.2, 0.25) is 0 Å². The molecule has 0 aliphatic heterocycles. The van der Waals surface area contributed by atoms with Crippen molar-refractivity contribution in [3.8, 4) is 17.1 Å². The fourth-order valence-corrected chi connectivity index (χ4v) is 2.09. The van der Waals surface area contributed by atoms with Crippen LogP contribution in [0.25, 0.3) is 22.4 Å². The summed E-state index contributed by atoms with van der Waals surface area (Å²) in [6, 6.07) is 10.4. The molecule has 0 atom stereocenters. The van der Waals surface area contributed by atoms with E-state index in [1.165, 1.54) is 6.07 Å². The zero-order valence-electron chi connectivity index (χ0n) is 9.31. The number of H-pyrrole nitrogens is 1. The second-order valence-electron chi connectivity index (χ2n) is 4.00. The van der Waals surface area contributed by atoms with Crippen LogP contribution in [-0.2, 0) is 0 Å². The first-order valence-corrected chi connectivity index (χ1v) is 5.76. The number of nitrogens with zero attached hydrogens (tertiary/aromatic N) is 1. The minimum Gasteiger partial charge on any atom is -0.507 e. The second-order valence-corrected chi connectivity index (χ2v) is 4.41. The van der Waals surface area contributed by atoms with E-state index < -0.39 is 0 Å². The number of nitrogen functional groups attached to an aromatic ring is 1. The Morgan fingerprint density at radius 1 is 1.22 bits per heavy atom. The molecular weight excluding hydrogens is 250 g/mol. The van der Waals surface area contributed by atoms with E-state index in [1.54, 1.807) is 18.2 Å². The van der Waals surface area contributed by atoms with E-state index in [2.05, 4.69) is 9.97 Å². The number of hydrogen-bond donors (Lipinski definition) is 3. The van der Waals surface area contributed by atoms with Gasteiger partial charge in [0, 0.05) is 11.8 Å². The number of imidazole rings is 1. The summed E-state index contributed by atoms with van der Waals surface area (Å²) < 4.78 is 0. The van der Waals surface area contributed by atoms with Gasteiger partial charge in [0.1, 0.15) is 17.1 Å². The van der Waals surface area contributed by atoms with E-state index in [-0.39, 0.29) is 5.75 Å². The molecule has 0 spiro atoms. The van der Waals surface area contributed by atoms with Crippen molar-refractivity contribution >= 4 is 28.3 Å². The van der Waals surface area contributed by atoms with Gasteiger partial charge in [-0.25, -0.2) is 4.98 Å². The van der Waals surface area contributed by atoms with Gasteiger partial charge in [-0.15, -0.1) is 0 Å². The van der Waals surface area contributed by atoms with Crippen LogP contribution in [-0.4, -0.2) is 15.1 Å². The predicted octanol–water partition coefficient (Wildman–Crippen LogP) is 3.17. The molecule has 90 valence electrons. The number of phenols is 1. The number of benzene rings is 2. The number of aromatic nitrogens is 2. The Hall–Kier alpha value is -2.20. The molecular formula is C13H10ClN3O. The second kappa shape index (κ2) is 3.92. The summed E-state index contributed by atoms with van der Waals surface area (Å²) in [5.41, 5.74) is 8.21. The Labute approximate surface area is 108 Å². The molecule has 0 bridgehead atoms. The fourth-order valence-electron chi connectivity index (χ4n) is 1.87. The SMILES string of the molecule is Nc1ccc(-c2nc3c(Cl)cccc3[nH]2)c(O)c1. The molecule has 1 heterocycles. The number of anilines is 1. The van der Waals surface area contributed by atoms with Crippen molar-refractivity contribution in [2.75, 3.05) is 5.73 Å². The maximum Gasteiger partial charge on any atom is 0.142 e. The van der Waals surface area contributed by atoms with E-state index in [1.807, 2.05) is 12.1 Å². The lowest BCUT2D eigenvalue weighted by molar-refractivity contribution is 0.477.